The molecule has 0 aromatic heterocycles. The smallest absolute Gasteiger partial charge is 0.411 e. The van der Waals surface area contributed by atoms with Gasteiger partial charge < -0.3 is 4.74 Å². The van der Waals surface area contributed by atoms with Crippen molar-refractivity contribution in [1.82, 2.24) is 4.90 Å². The molecule has 2 atom stereocenters. The summed E-state index contributed by atoms with van der Waals surface area (Å²) in [7, 11) is 0. The number of hydrogen-bond acceptors (Lipinski definition) is 2. The SMILES string of the molecule is CC(C)c1cccc(C(C)C)c1C1=CC2CCC(C1)N2C(=O)OC(C)(C)C. The first-order chi connectivity index (χ1) is 12.6. The van der Waals surface area contributed by atoms with Crippen LogP contribution in [0.4, 0.5) is 4.79 Å². The van der Waals surface area contributed by atoms with Crippen LogP contribution in [0.15, 0.2) is 24.3 Å². The standard InChI is InChI=1S/C24H35NO2/c1-15(2)20-9-8-10-21(16(3)4)22(20)17-13-18-11-12-19(14-17)25(18)23(26)27-24(5,6)7/h8-10,13,15-16,18-19H,11-12,14H2,1-7H3. The maximum atomic E-state index is 12.7. The molecule has 2 unspecified atom stereocenters. The number of nitrogens with zero attached hydrogens (tertiary/aromatic N) is 1. The molecule has 3 nitrogen and oxygen atoms in total. The zero-order valence-electron chi connectivity index (χ0n) is 18.0. The average Bonchev–Trinajstić information content (AvgIpc) is 2.83. The van der Waals surface area contributed by atoms with E-state index >= 15 is 0 Å². The average molecular weight is 370 g/mol. The van der Waals surface area contributed by atoms with Crippen LogP contribution in [0, 0.1) is 0 Å². The molecule has 148 valence electrons. The summed E-state index contributed by atoms with van der Waals surface area (Å²) in [6.45, 7) is 14.9. The summed E-state index contributed by atoms with van der Waals surface area (Å²) < 4.78 is 5.68. The van der Waals surface area contributed by atoms with Crippen molar-refractivity contribution in [1.29, 1.82) is 0 Å². The van der Waals surface area contributed by atoms with Crippen LogP contribution in [-0.4, -0.2) is 28.7 Å². The van der Waals surface area contributed by atoms with Crippen LogP contribution < -0.4 is 0 Å². The van der Waals surface area contributed by atoms with E-state index in [4.69, 9.17) is 4.74 Å². The fraction of sp³-hybridized carbons (Fsp3) is 0.625. The van der Waals surface area contributed by atoms with Crippen molar-refractivity contribution in [3.05, 3.63) is 41.0 Å². The second kappa shape index (κ2) is 7.33. The van der Waals surface area contributed by atoms with Crippen LogP contribution in [-0.2, 0) is 4.74 Å². The van der Waals surface area contributed by atoms with Gasteiger partial charge in [0.05, 0.1) is 6.04 Å². The lowest BCUT2D eigenvalue weighted by molar-refractivity contribution is 0.0175. The summed E-state index contributed by atoms with van der Waals surface area (Å²) >= 11 is 0. The molecule has 2 bridgehead atoms. The van der Waals surface area contributed by atoms with Gasteiger partial charge in [-0.05, 0) is 74.1 Å². The molecule has 1 fully saturated rings. The lowest BCUT2D eigenvalue weighted by Crippen LogP contribution is -2.45. The van der Waals surface area contributed by atoms with E-state index in [2.05, 4.69) is 52.0 Å². The van der Waals surface area contributed by atoms with Crippen LogP contribution >= 0.6 is 0 Å². The molecule has 1 aromatic carbocycles. The topological polar surface area (TPSA) is 29.5 Å². The minimum Gasteiger partial charge on any atom is -0.444 e. The quantitative estimate of drug-likeness (QED) is 0.609. The molecule has 0 spiro atoms. The van der Waals surface area contributed by atoms with E-state index in [1.165, 1.54) is 22.3 Å². The highest BCUT2D eigenvalue weighted by molar-refractivity contribution is 5.78. The number of amides is 1. The van der Waals surface area contributed by atoms with E-state index < -0.39 is 5.60 Å². The van der Waals surface area contributed by atoms with E-state index in [0.717, 1.165) is 19.3 Å². The Hall–Kier alpha value is -1.77. The van der Waals surface area contributed by atoms with Crippen molar-refractivity contribution >= 4 is 11.7 Å². The predicted molar refractivity (Wildman–Crippen MR) is 112 cm³/mol. The summed E-state index contributed by atoms with van der Waals surface area (Å²) in [6, 6.07) is 7.15. The molecule has 0 radical (unpaired) electrons. The lowest BCUT2D eigenvalue weighted by Gasteiger charge is -2.36. The van der Waals surface area contributed by atoms with Crippen molar-refractivity contribution in [2.45, 2.75) is 97.2 Å². The van der Waals surface area contributed by atoms with Crippen LogP contribution in [0.2, 0.25) is 0 Å². The Morgan fingerprint density at radius 2 is 1.67 bits per heavy atom. The molecule has 0 N–H and O–H groups in total. The summed E-state index contributed by atoms with van der Waals surface area (Å²) in [4.78, 5) is 14.7. The minimum absolute atomic E-state index is 0.161. The number of carbonyl (C=O) groups is 1. The molecular formula is C24H35NO2. The molecule has 27 heavy (non-hydrogen) atoms. The zero-order valence-corrected chi connectivity index (χ0v) is 18.0. The number of rotatable bonds is 3. The zero-order chi connectivity index (χ0) is 19.9. The Kier molecular flexibility index (Phi) is 5.42. The number of carbonyl (C=O) groups excluding carboxylic acids is 1. The van der Waals surface area contributed by atoms with Crippen molar-refractivity contribution in [3.8, 4) is 0 Å². The largest absolute Gasteiger partial charge is 0.444 e. The van der Waals surface area contributed by atoms with Gasteiger partial charge in [-0.1, -0.05) is 52.0 Å². The Bertz CT molecular complexity index is 713. The second-order valence-electron chi connectivity index (χ2n) is 9.70. The third-order valence-corrected chi connectivity index (χ3v) is 5.69. The third-order valence-electron chi connectivity index (χ3n) is 5.69. The first kappa shape index (κ1) is 20.0. The van der Waals surface area contributed by atoms with Crippen LogP contribution in [0.25, 0.3) is 5.57 Å². The maximum absolute atomic E-state index is 12.7. The van der Waals surface area contributed by atoms with Gasteiger partial charge in [0.25, 0.3) is 0 Å². The molecule has 2 aliphatic heterocycles. The molecular weight excluding hydrogens is 334 g/mol. The molecule has 0 aliphatic carbocycles. The van der Waals surface area contributed by atoms with Gasteiger partial charge in [-0.25, -0.2) is 4.79 Å². The Labute approximate surface area is 164 Å². The first-order valence-electron chi connectivity index (χ1n) is 10.4. The first-order valence-corrected chi connectivity index (χ1v) is 10.4. The van der Waals surface area contributed by atoms with Gasteiger partial charge in [-0.3, -0.25) is 4.90 Å². The van der Waals surface area contributed by atoms with Gasteiger partial charge in [0.15, 0.2) is 0 Å². The normalized spacial score (nSPS) is 22.4. The Morgan fingerprint density at radius 1 is 1.07 bits per heavy atom. The highest BCUT2D eigenvalue weighted by Gasteiger charge is 2.42. The fourth-order valence-electron chi connectivity index (χ4n) is 4.54. The van der Waals surface area contributed by atoms with Crippen molar-refractivity contribution < 1.29 is 9.53 Å². The molecule has 3 heteroatoms. The van der Waals surface area contributed by atoms with Crippen LogP contribution in [0.1, 0.15) is 96.3 Å². The van der Waals surface area contributed by atoms with Crippen LogP contribution in [0.3, 0.4) is 0 Å². The van der Waals surface area contributed by atoms with E-state index in [9.17, 15) is 4.79 Å². The molecule has 1 saturated heterocycles. The van der Waals surface area contributed by atoms with E-state index in [1.54, 1.807) is 0 Å². The van der Waals surface area contributed by atoms with Gasteiger partial charge >= 0.3 is 6.09 Å². The summed E-state index contributed by atoms with van der Waals surface area (Å²) in [5.74, 6) is 0.974. The highest BCUT2D eigenvalue weighted by Crippen LogP contribution is 2.43. The maximum Gasteiger partial charge on any atom is 0.411 e. The lowest BCUT2D eigenvalue weighted by atomic mass is 9.82. The molecule has 1 aromatic rings. The molecule has 1 amide bonds. The highest BCUT2D eigenvalue weighted by atomic mass is 16.6. The molecule has 2 aliphatic rings. The monoisotopic (exact) mass is 369 g/mol. The Balaban J connectivity index is 1.98. The van der Waals surface area contributed by atoms with Gasteiger partial charge in [-0.2, -0.15) is 0 Å². The summed E-state index contributed by atoms with van der Waals surface area (Å²) in [6.07, 6.45) is 5.21. The summed E-state index contributed by atoms with van der Waals surface area (Å²) in [5, 5.41) is 0. The second-order valence-corrected chi connectivity index (χ2v) is 9.70. The number of benzene rings is 1. The Morgan fingerprint density at radius 3 is 2.15 bits per heavy atom. The summed E-state index contributed by atoms with van der Waals surface area (Å²) in [5.41, 5.74) is 5.27. The van der Waals surface area contributed by atoms with Gasteiger partial charge in [0.1, 0.15) is 5.60 Å². The number of ether oxygens (including phenoxy) is 1. The van der Waals surface area contributed by atoms with E-state index in [1.807, 2.05) is 25.7 Å². The van der Waals surface area contributed by atoms with Gasteiger partial charge in [0.2, 0.25) is 0 Å². The minimum atomic E-state index is -0.449. The third kappa shape index (κ3) is 4.07. The van der Waals surface area contributed by atoms with Gasteiger partial charge in [-0.15, -0.1) is 0 Å². The molecule has 3 rings (SSSR count). The van der Waals surface area contributed by atoms with Crippen molar-refractivity contribution in [3.63, 3.8) is 0 Å². The predicted octanol–water partition coefficient (Wildman–Crippen LogP) is 6.49. The van der Waals surface area contributed by atoms with Crippen molar-refractivity contribution in [2.75, 3.05) is 0 Å². The fourth-order valence-corrected chi connectivity index (χ4v) is 4.54. The van der Waals surface area contributed by atoms with Crippen LogP contribution in [0.5, 0.6) is 0 Å². The van der Waals surface area contributed by atoms with Gasteiger partial charge in [0, 0.05) is 6.04 Å². The van der Waals surface area contributed by atoms with E-state index in [0.29, 0.717) is 11.8 Å². The molecule has 2 heterocycles. The number of fused-ring (bicyclic) bond motifs is 2. The van der Waals surface area contributed by atoms with E-state index in [-0.39, 0.29) is 18.2 Å². The molecule has 0 saturated carbocycles. The van der Waals surface area contributed by atoms with Crippen molar-refractivity contribution in [2.24, 2.45) is 0 Å². The number of hydrogen-bond donors (Lipinski definition) is 0.